The van der Waals surface area contributed by atoms with Crippen LogP contribution in [0, 0.1) is 23.6 Å². The van der Waals surface area contributed by atoms with E-state index in [0.717, 1.165) is 69.8 Å². The van der Waals surface area contributed by atoms with Crippen LogP contribution in [0.2, 0.25) is 0 Å². The number of carbonyl (C=O) groups is 1. The lowest BCUT2D eigenvalue weighted by Crippen LogP contribution is -2.43. The molecule has 1 aliphatic carbocycles. The Hall–Kier alpha value is -2.59. The molecule has 0 unspecified atom stereocenters. The molecule has 45 heavy (non-hydrogen) atoms. The van der Waals surface area contributed by atoms with Crippen LogP contribution in [-0.2, 0) is 23.3 Å². The maximum Gasteiger partial charge on any atom is 0.416 e. The number of likely N-dealkylation sites (tertiary alicyclic amines) is 2. The average molecular weight is 639 g/mol. The molecule has 2 aromatic carbocycles. The number of rotatable bonds is 12. The first-order chi connectivity index (χ1) is 21.3. The Labute approximate surface area is 261 Å². The summed E-state index contributed by atoms with van der Waals surface area (Å²) < 4.78 is 82.0. The minimum absolute atomic E-state index is 0.0366. The van der Waals surface area contributed by atoms with E-state index >= 15 is 0 Å². The number of piperidine rings is 1. The second kappa shape index (κ2) is 14.0. The zero-order chi connectivity index (χ0) is 32.4. The van der Waals surface area contributed by atoms with Crippen molar-refractivity contribution in [2.45, 2.75) is 88.8 Å². The molecule has 2 aromatic rings. The number of nitrogens with zero attached hydrogens (tertiary/aromatic N) is 2. The van der Waals surface area contributed by atoms with E-state index in [1.54, 1.807) is 12.1 Å². The van der Waals surface area contributed by atoms with Gasteiger partial charge in [0.05, 0.1) is 5.56 Å². The van der Waals surface area contributed by atoms with Gasteiger partial charge in [-0.05, 0) is 104 Å². The standard InChI is InChI=1S/C35H44F6N2O2/c1-34(37,38)28-15-25(16-29(19-28)35(39,40)41)8-2-5-23-11-13-42(14-12-23)20-27-21-43(32(33(44)45)17-24-6-3-7-24)22-31(27)26-9-4-10-30(36)18-26/h4,9-10,15-16,18-19,23-24,27,31-32H,2-3,5-8,11-14,17,20-22H2,1H3,(H,44,45)/t27-,31+,32+/m0/s1. The SMILES string of the molecule is CC(F)(F)c1cc(CCCC2CCN(C[C@H]3CN([C@H](CC4CCC4)C(=O)O)C[C@@H]3c3cccc(F)c3)CC2)cc(C(F)(F)F)c1. The van der Waals surface area contributed by atoms with Crippen LogP contribution in [0.3, 0.4) is 0 Å². The summed E-state index contributed by atoms with van der Waals surface area (Å²) in [5.74, 6) is -3.37. The fourth-order valence-electron chi connectivity index (χ4n) is 7.55. The lowest BCUT2D eigenvalue weighted by atomic mass is 9.80. The van der Waals surface area contributed by atoms with Crippen molar-refractivity contribution in [3.8, 4) is 0 Å². The van der Waals surface area contributed by atoms with E-state index in [2.05, 4.69) is 9.80 Å². The lowest BCUT2D eigenvalue weighted by molar-refractivity contribution is -0.144. The van der Waals surface area contributed by atoms with Crippen LogP contribution in [0.1, 0.15) is 86.5 Å². The van der Waals surface area contributed by atoms with Crippen LogP contribution in [0.4, 0.5) is 26.3 Å². The highest BCUT2D eigenvalue weighted by Gasteiger charge is 2.41. The van der Waals surface area contributed by atoms with Crippen molar-refractivity contribution >= 4 is 5.97 Å². The number of carboxylic acid groups (broad SMARTS) is 1. The van der Waals surface area contributed by atoms with E-state index in [4.69, 9.17) is 0 Å². The first kappa shape index (κ1) is 33.8. The zero-order valence-corrected chi connectivity index (χ0v) is 25.8. The van der Waals surface area contributed by atoms with Gasteiger partial charge in [0.2, 0.25) is 0 Å². The molecule has 3 atom stereocenters. The van der Waals surface area contributed by atoms with Crippen molar-refractivity contribution in [3.05, 3.63) is 70.5 Å². The van der Waals surface area contributed by atoms with Crippen molar-refractivity contribution in [1.82, 2.24) is 9.80 Å². The largest absolute Gasteiger partial charge is 0.480 e. The Morgan fingerprint density at radius 3 is 2.27 bits per heavy atom. The van der Waals surface area contributed by atoms with Crippen LogP contribution >= 0.6 is 0 Å². The first-order valence-corrected chi connectivity index (χ1v) is 16.3. The number of alkyl halides is 5. The second-order valence-electron chi connectivity index (χ2n) is 13.7. The smallest absolute Gasteiger partial charge is 0.416 e. The molecule has 2 saturated heterocycles. The van der Waals surface area contributed by atoms with E-state index < -0.39 is 35.2 Å². The number of carboxylic acids is 1. The molecule has 10 heteroatoms. The summed E-state index contributed by atoms with van der Waals surface area (Å²) in [6.07, 6.45) is 2.91. The Balaban J connectivity index is 1.16. The van der Waals surface area contributed by atoms with Gasteiger partial charge in [0.15, 0.2) is 0 Å². The van der Waals surface area contributed by atoms with Crippen LogP contribution < -0.4 is 0 Å². The normalized spacial score (nSPS) is 23.3. The predicted molar refractivity (Wildman–Crippen MR) is 161 cm³/mol. The van der Waals surface area contributed by atoms with Gasteiger partial charge in [0.25, 0.3) is 5.92 Å². The fourth-order valence-corrected chi connectivity index (χ4v) is 7.55. The molecular formula is C35H44F6N2O2. The second-order valence-corrected chi connectivity index (χ2v) is 13.7. The molecule has 2 aliphatic heterocycles. The van der Waals surface area contributed by atoms with Crippen LogP contribution in [-0.4, -0.2) is 59.6 Å². The summed E-state index contributed by atoms with van der Waals surface area (Å²) >= 11 is 0. The predicted octanol–water partition coefficient (Wildman–Crippen LogP) is 8.35. The molecule has 2 heterocycles. The third-order valence-corrected chi connectivity index (χ3v) is 10.4. The molecule has 248 valence electrons. The summed E-state index contributed by atoms with van der Waals surface area (Å²) in [5.41, 5.74) is -0.460. The van der Waals surface area contributed by atoms with Crippen LogP contribution in [0.15, 0.2) is 42.5 Å². The van der Waals surface area contributed by atoms with Crippen molar-refractivity contribution in [2.75, 3.05) is 32.7 Å². The maximum atomic E-state index is 14.2. The first-order valence-electron chi connectivity index (χ1n) is 16.3. The van der Waals surface area contributed by atoms with Crippen molar-refractivity contribution in [1.29, 1.82) is 0 Å². The highest BCUT2D eigenvalue weighted by Crippen LogP contribution is 2.39. The monoisotopic (exact) mass is 638 g/mol. The lowest BCUT2D eigenvalue weighted by Gasteiger charge is -2.35. The van der Waals surface area contributed by atoms with Gasteiger partial charge in [-0.3, -0.25) is 9.69 Å². The highest BCUT2D eigenvalue weighted by atomic mass is 19.4. The molecular weight excluding hydrogens is 594 g/mol. The van der Waals surface area contributed by atoms with E-state index in [0.29, 0.717) is 57.2 Å². The quantitative estimate of drug-likeness (QED) is 0.238. The summed E-state index contributed by atoms with van der Waals surface area (Å²) in [6.45, 7) is 4.37. The fraction of sp³-hybridized carbons (Fsp3) is 0.629. The zero-order valence-electron chi connectivity index (χ0n) is 25.8. The summed E-state index contributed by atoms with van der Waals surface area (Å²) in [6, 6.07) is 8.84. The molecule has 0 amide bonds. The van der Waals surface area contributed by atoms with Gasteiger partial charge in [-0.15, -0.1) is 0 Å². The minimum Gasteiger partial charge on any atom is -0.480 e. The van der Waals surface area contributed by atoms with Gasteiger partial charge in [0, 0.05) is 38.0 Å². The maximum absolute atomic E-state index is 14.2. The number of benzene rings is 2. The number of aliphatic carboxylic acids is 1. The number of hydrogen-bond donors (Lipinski definition) is 1. The van der Waals surface area contributed by atoms with E-state index in [1.807, 2.05) is 6.07 Å². The molecule has 3 aliphatic rings. The number of hydrogen-bond acceptors (Lipinski definition) is 3. The van der Waals surface area contributed by atoms with Crippen LogP contribution in [0.25, 0.3) is 0 Å². The average Bonchev–Trinajstić information content (AvgIpc) is 3.35. The molecule has 0 bridgehead atoms. The van der Waals surface area contributed by atoms with Crippen molar-refractivity contribution in [2.24, 2.45) is 17.8 Å². The third kappa shape index (κ3) is 8.82. The molecule has 1 N–H and O–H groups in total. The van der Waals surface area contributed by atoms with E-state index in [1.165, 1.54) is 12.1 Å². The number of halogens is 6. The molecule has 0 aromatic heterocycles. The summed E-state index contributed by atoms with van der Waals surface area (Å²) in [5, 5.41) is 10.1. The van der Waals surface area contributed by atoms with Gasteiger partial charge in [-0.1, -0.05) is 37.8 Å². The summed E-state index contributed by atoms with van der Waals surface area (Å²) in [7, 11) is 0. The Kier molecular flexibility index (Phi) is 10.5. The van der Waals surface area contributed by atoms with E-state index in [-0.39, 0.29) is 23.2 Å². The minimum atomic E-state index is -4.68. The van der Waals surface area contributed by atoms with Gasteiger partial charge >= 0.3 is 12.1 Å². The molecule has 3 fully saturated rings. The van der Waals surface area contributed by atoms with Gasteiger partial charge < -0.3 is 10.0 Å². The van der Waals surface area contributed by atoms with Crippen molar-refractivity contribution in [3.63, 3.8) is 0 Å². The molecule has 0 radical (unpaired) electrons. The Morgan fingerprint density at radius 1 is 0.956 bits per heavy atom. The van der Waals surface area contributed by atoms with Gasteiger partial charge in [0.1, 0.15) is 11.9 Å². The van der Waals surface area contributed by atoms with Crippen LogP contribution in [0.5, 0.6) is 0 Å². The van der Waals surface area contributed by atoms with E-state index in [9.17, 15) is 36.2 Å². The van der Waals surface area contributed by atoms with Gasteiger partial charge in [-0.2, -0.15) is 13.2 Å². The molecule has 5 rings (SSSR count). The van der Waals surface area contributed by atoms with Crippen molar-refractivity contribution < 1.29 is 36.2 Å². The third-order valence-electron chi connectivity index (χ3n) is 10.4. The highest BCUT2D eigenvalue weighted by molar-refractivity contribution is 5.73. The summed E-state index contributed by atoms with van der Waals surface area (Å²) in [4.78, 5) is 16.8. The topological polar surface area (TPSA) is 43.8 Å². The number of aryl methyl sites for hydroxylation is 1. The Bertz CT molecular complexity index is 1270. The molecule has 4 nitrogen and oxygen atoms in total. The molecule has 1 saturated carbocycles. The Morgan fingerprint density at radius 2 is 1.67 bits per heavy atom. The molecule has 0 spiro atoms. The van der Waals surface area contributed by atoms with Gasteiger partial charge in [-0.25, -0.2) is 13.2 Å².